The number of aliphatic carboxylic acids is 1. The Labute approximate surface area is 98.3 Å². The van der Waals surface area contributed by atoms with Crippen molar-refractivity contribution in [2.75, 3.05) is 26.9 Å². The number of hydrogen-bond acceptors (Lipinski definition) is 5. The summed E-state index contributed by atoms with van der Waals surface area (Å²) in [7, 11) is 1.31. The molecule has 0 aromatic heterocycles. The molecule has 2 amide bonds. The summed E-state index contributed by atoms with van der Waals surface area (Å²) >= 11 is 0. The van der Waals surface area contributed by atoms with Gasteiger partial charge in [0.05, 0.1) is 13.2 Å². The highest BCUT2D eigenvalue weighted by atomic mass is 16.5. The molecule has 98 valence electrons. The van der Waals surface area contributed by atoms with Crippen LogP contribution in [0.2, 0.25) is 0 Å². The van der Waals surface area contributed by atoms with Gasteiger partial charge in [0, 0.05) is 7.11 Å². The fraction of sp³-hybridized carbons (Fsp3) is 0.667. The Morgan fingerprint density at radius 2 is 2.00 bits per heavy atom. The van der Waals surface area contributed by atoms with Gasteiger partial charge in [-0.2, -0.15) is 0 Å². The molecule has 0 heterocycles. The Hall–Kier alpha value is -1.83. The van der Waals surface area contributed by atoms with Crippen molar-refractivity contribution in [3.8, 4) is 0 Å². The summed E-state index contributed by atoms with van der Waals surface area (Å²) in [5, 5.41) is 13.0. The van der Waals surface area contributed by atoms with E-state index in [9.17, 15) is 14.4 Å². The zero-order valence-electron chi connectivity index (χ0n) is 9.69. The number of methoxy groups -OCH3 is 1. The van der Waals surface area contributed by atoms with Crippen LogP contribution in [0.4, 0.5) is 4.79 Å². The van der Waals surface area contributed by atoms with E-state index in [0.717, 1.165) is 0 Å². The number of carboxylic acid groups (broad SMARTS) is 1. The number of rotatable bonds is 7. The lowest BCUT2D eigenvalue weighted by atomic mass is 10.3. The van der Waals surface area contributed by atoms with Crippen molar-refractivity contribution in [3.05, 3.63) is 0 Å². The van der Waals surface area contributed by atoms with Crippen LogP contribution < -0.4 is 10.6 Å². The van der Waals surface area contributed by atoms with Crippen LogP contribution in [0.15, 0.2) is 0 Å². The Morgan fingerprint density at radius 1 is 1.35 bits per heavy atom. The van der Waals surface area contributed by atoms with Gasteiger partial charge in [0.1, 0.15) is 6.54 Å². The lowest BCUT2D eigenvalue weighted by molar-refractivity contribution is -0.141. The van der Waals surface area contributed by atoms with Gasteiger partial charge in [0.2, 0.25) is 0 Å². The van der Waals surface area contributed by atoms with Crippen molar-refractivity contribution in [1.29, 1.82) is 0 Å². The molecule has 8 nitrogen and oxygen atoms in total. The highest BCUT2D eigenvalue weighted by molar-refractivity contribution is 5.85. The first-order valence-electron chi connectivity index (χ1n) is 4.93. The molecule has 0 radical (unpaired) electrons. The van der Waals surface area contributed by atoms with Crippen LogP contribution in [0.25, 0.3) is 0 Å². The topological polar surface area (TPSA) is 114 Å². The van der Waals surface area contributed by atoms with Crippen LogP contribution in [0.1, 0.15) is 6.92 Å². The first-order chi connectivity index (χ1) is 8.01. The zero-order chi connectivity index (χ0) is 13.3. The van der Waals surface area contributed by atoms with Crippen LogP contribution in [0, 0.1) is 0 Å². The maximum absolute atomic E-state index is 11.2. The van der Waals surface area contributed by atoms with Crippen LogP contribution in [-0.2, 0) is 19.1 Å². The third-order valence-electron chi connectivity index (χ3n) is 1.64. The molecule has 0 aromatic carbocycles. The molecule has 0 saturated heterocycles. The molecular formula is C9H16N2O6. The summed E-state index contributed by atoms with van der Waals surface area (Å²) in [6, 6.07) is -1.94. The van der Waals surface area contributed by atoms with Crippen LogP contribution in [-0.4, -0.2) is 56.0 Å². The largest absolute Gasteiger partial charge is 0.480 e. The molecule has 0 aliphatic carbocycles. The number of ether oxygens (including phenoxy) is 2. The molecule has 1 atom stereocenters. The minimum Gasteiger partial charge on any atom is -0.480 e. The highest BCUT2D eigenvalue weighted by Gasteiger charge is 2.19. The summed E-state index contributed by atoms with van der Waals surface area (Å²) < 4.78 is 9.19. The van der Waals surface area contributed by atoms with E-state index in [1.807, 2.05) is 0 Å². The number of nitrogens with one attached hydrogen (secondary N) is 2. The van der Waals surface area contributed by atoms with Crippen molar-refractivity contribution < 1.29 is 29.0 Å². The SMILES string of the molecule is CCOC(=O)CNC(=O)NC(COC)C(=O)O. The second-order valence-corrected chi connectivity index (χ2v) is 2.98. The number of carboxylic acids is 1. The molecule has 0 saturated carbocycles. The number of urea groups is 1. The summed E-state index contributed by atoms with van der Waals surface area (Å²) in [6.07, 6.45) is 0. The van der Waals surface area contributed by atoms with Gasteiger partial charge >= 0.3 is 18.0 Å². The Bertz CT molecular complexity index is 281. The summed E-state index contributed by atoms with van der Waals surface area (Å²) in [6.45, 7) is 1.36. The number of carbonyl (C=O) groups excluding carboxylic acids is 2. The molecule has 0 aliphatic rings. The smallest absolute Gasteiger partial charge is 0.328 e. The molecule has 8 heteroatoms. The minimum atomic E-state index is -1.22. The van der Waals surface area contributed by atoms with E-state index in [0.29, 0.717) is 0 Å². The zero-order valence-corrected chi connectivity index (χ0v) is 9.69. The molecule has 3 N–H and O–H groups in total. The van der Waals surface area contributed by atoms with Crippen molar-refractivity contribution in [3.63, 3.8) is 0 Å². The van der Waals surface area contributed by atoms with Crippen molar-refractivity contribution in [2.45, 2.75) is 13.0 Å². The first-order valence-corrected chi connectivity index (χ1v) is 4.93. The van der Waals surface area contributed by atoms with E-state index in [1.165, 1.54) is 7.11 Å². The lowest BCUT2D eigenvalue weighted by Crippen LogP contribution is -2.49. The van der Waals surface area contributed by atoms with E-state index in [1.54, 1.807) is 6.92 Å². The number of hydrogen-bond donors (Lipinski definition) is 3. The van der Waals surface area contributed by atoms with E-state index in [-0.39, 0.29) is 19.8 Å². The Balaban J connectivity index is 3.98. The van der Waals surface area contributed by atoms with Crippen LogP contribution in [0.5, 0.6) is 0 Å². The summed E-state index contributed by atoms with van der Waals surface area (Å²) in [4.78, 5) is 32.7. The first kappa shape index (κ1) is 15.2. The molecular weight excluding hydrogens is 232 g/mol. The third kappa shape index (κ3) is 7.12. The monoisotopic (exact) mass is 248 g/mol. The average Bonchev–Trinajstić information content (AvgIpc) is 2.26. The Morgan fingerprint density at radius 3 is 2.47 bits per heavy atom. The molecule has 0 bridgehead atoms. The van der Waals surface area contributed by atoms with Crippen LogP contribution >= 0.6 is 0 Å². The van der Waals surface area contributed by atoms with E-state index in [4.69, 9.17) is 5.11 Å². The van der Waals surface area contributed by atoms with Gasteiger partial charge in [-0.05, 0) is 6.92 Å². The van der Waals surface area contributed by atoms with Gasteiger partial charge in [-0.1, -0.05) is 0 Å². The van der Waals surface area contributed by atoms with Gasteiger partial charge < -0.3 is 25.2 Å². The Kier molecular flexibility index (Phi) is 7.44. The third-order valence-corrected chi connectivity index (χ3v) is 1.64. The molecule has 0 spiro atoms. The molecule has 0 rings (SSSR count). The second-order valence-electron chi connectivity index (χ2n) is 2.98. The molecule has 0 aliphatic heterocycles. The van der Waals surface area contributed by atoms with E-state index < -0.39 is 24.0 Å². The fourth-order valence-electron chi connectivity index (χ4n) is 0.915. The van der Waals surface area contributed by atoms with Gasteiger partial charge in [-0.3, -0.25) is 4.79 Å². The lowest BCUT2D eigenvalue weighted by Gasteiger charge is -2.13. The standard InChI is InChI=1S/C9H16N2O6/c1-3-17-7(12)4-10-9(15)11-6(5-16-2)8(13)14/h6H,3-5H2,1-2H3,(H,13,14)(H2,10,11,15). The van der Waals surface area contributed by atoms with Gasteiger partial charge in [0.25, 0.3) is 0 Å². The number of esters is 1. The van der Waals surface area contributed by atoms with Crippen molar-refractivity contribution >= 4 is 18.0 Å². The highest BCUT2D eigenvalue weighted by Crippen LogP contribution is 1.85. The molecule has 0 aromatic rings. The van der Waals surface area contributed by atoms with Gasteiger partial charge in [-0.25, -0.2) is 9.59 Å². The number of amides is 2. The quantitative estimate of drug-likeness (QED) is 0.495. The van der Waals surface area contributed by atoms with Crippen LogP contribution in [0.3, 0.4) is 0 Å². The van der Waals surface area contributed by atoms with E-state index >= 15 is 0 Å². The second kappa shape index (κ2) is 8.34. The maximum atomic E-state index is 11.2. The van der Waals surface area contributed by atoms with Crippen molar-refractivity contribution in [2.24, 2.45) is 0 Å². The fourth-order valence-corrected chi connectivity index (χ4v) is 0.915. The van der Waals surface area contributed by atoms with Gasteiger partial charge in [-0.15, -0.1) is 0 Å². The normalized spacial score (nSPS) is 11.4. The summed E-state index contributed by atoms with van der Waals surface area (Å²) in [5.41, 5.74) is 0. The minimum absolute atomic E-state index is 0.165. The predicted octanol–water partition coefficient (Wildman–Crippen LogP) is -1.05. The molecule has 17 heavy (non-hydrogen) atoms. The summed E-state index contributed by atoms with van der Waals surface area (Å²) in [5.74, 6) is -1.82. The van der Waals surface area contributed by atoms with E-state index in [2.05, 4.69) is 20.1 Å². The predicted molar refractivity (Wildman–Crippen MR) is 56.5 cm³/mol. The molecule has 0 fully saturated rings. The van der Waals surface area contributed by atoms with Gasteiger partial charge in [0.15, 0.2) is 6.04 Å². The maximum Gasteiger partial charge on any atom is 0.328 e. The average molecular weight is 248 g/mol. The van der Waals surface area contributed by atoms with Crippen molar-refractivity contribution in [1.82, 2.24) is 10.6 Å². The number of carbonyl (C=O) groups is 3. The molecule has 1 unspecified atom stereocenters.